The molecule has 138 valence electrons. The van der Waals surface area contributed by atoms with Gasteiger partial charge in [-0.15, -0.1) is 35.3 Å². The molecule has 1 aromatic rings. The highest BCUT2D eigenvalue weighted by molar-refractivity contribution is 14.0. The first-order valence-electron chi connectivity index (χ1n) is 8.89. The molecule has 1 aromatic heterocycles. The van der Waals surface area contributed by atoms with Crippen LogP contribution in [0.25, 0.3) is 0 Å². The van der Waals surface area contributed by atoms with Gasteiger partial charge in [0.15, 0.2) is 5.96 Å². The van der Waals surface area contributed by atoms with Crippen molar-refractivity contribution in [3.63, 3.8) is 0 Å². The molecule has 0 aliphatic carbocycles. The number of halogens is 1. The molecule has 1 aliphatic rings. The molecule has 0 radical (unpaired) electrons. The molecule has 2 rings (SSSR count). The quantitative estimate of drug-likeness (QED) is 0.352. The Balaban J connectivity index is 0.00000288. The minimum Gasteiger partial charge on any atom is -0.357 e. The molecule has 2 heterocycles. The summed E-state index contributed by atoms with van der Waals surface area (Å²) < 4.78 is 0. The number of likely N-dealkylation sites (tertiary alicyclic amines) is 1. The smallest absolute Gasteiger partial charge is 0.191 e. The van der Waals surface area contributed by atoms with Gasteiger partial charge in [0.2, 0.25) is 0 Å². The molecule has 7 heteroatoms. The largest absolute Gasteiger partial charge is 0.357 e. The third-order valence-electron chi connectivity index (χ3n) is 4.05. The molecular formula is C17H32IN5S. The van der Waals surface area contributed by atoms with Crippen LogP contribution < -0.4 is 10.6 Å². The van der Waals surface area contributed by atoms with Crippen molar-refractivity contribution in [2.45, 2.75) is 46.6 Å². The normalized spacial score (nSPS) is 16.7. The number of aromatic nitrogens is 1. The van der Waals surface area contributed by atoms with E-state index in [1.54, 1.807) is 11.3 Å². The number of rotatable bonds is 8. The molecule has 0 amide bonds. The second-order valence-electron chi connectivity index (χ2n) is 6.26. The summed E-state index contributed by atoms with van der Waals surface area (Å²) in [6, 6.07) is 0. The Morgan fingerprint density at radius 2 is 2.08 bits per heavy atom. The SMILES string of the molecule is CCNC(=NCc1ncc(CC)s1)NCC(C)CN1CCCC1.I. The zero-order valence-corrected chi connectivity index (χ0v) is 18.3. The Bertz CT molecular complexity index is 485. The maximum absolute atomic E-state index is 4.66. The zero-order chi connectivity index (χ0) is 16.5. The Morgan fingerprint density at radius 3 is 2.71 bits per heavy atom. The van der Waals surface area contributed by atoms with Crippen molar-refractivity contribution in [3.05, 3.63) is 16.1 Å². The van der Waals surface area contributed by atoms with E-state index in [-0.39, 0.29) is 24.0 Å². The van der Waals surface area contributed by atoms with E-state index < -0.39 is 0 Å². The van der Waals surface area contributed by atoms with Crippen LogP contribution in [0.2, 0.25) is 0 Å². The van der Waals surface area contributed by atoms with Gasteiger partial charge in [0, 0.05) is 30.7 Å². The van der Waals surface area contributed by atoms with Crippen LogP contribution in [0.5, 0.6) is 0 Å². The van der Waals surface area contributed by atoms with Crippen LogP contribution in [-0.2, 0) is 13.0 Å². The van der Waals surface area contributed by atoms with Crippen molar-refractivity contribution in [2.75, 3.05) is 32.7 Å². The van der Waals surface area contributed by atoms with Gasteiger partial charge in [0.25, 0.3) is 0 Å². The average Bonchev–Trinajstić information content (AvgIpc) is 3.21. The van der Waals surface area contributed by atoms with E-state index in [2.05, 4.69) is 46.3 Å². The van der Waals surface area contributed by atoms with Crippen molar-refractivity contribution in [1.82, 2.24) is 20.5 Å². The van der Waals surface area contributed by atoms with Crippen molar-refractivity contribution < 1.29 is 0 Å². The molecule has 0 bridgehead atoms. The first kappa shape index (κ1) is 21.6. The van der Waals surface area contributed by atoms with Crippen molar-refractivity contribution in [1.29, 1.82) is 0 Å². The van der Waals surface area contributed by atoms with E-state index in [0.29, 0.717) is 12.5 Å². The molecule has 0 aromatic carbocycles. The van der Waals surface area contributed by atoms with Crippen LogP contribution in [0.1, 0.15) is 43.5 Å². The van der Waals surface area contributed by atoms with Crippen molar-refractivity contribution in [2.24, 2.45) is 10.9 Å². The van der Waals surface area contributed by atoms with Crippen LogP contribution in [0.3, 0.4) is 0 Å². The van der Waals surface area contributed by atoms with E-state index >= 15 is 0 Å². The van der Waals surface area contributed by atoms with Gasteiger partial charge in [-0.25, -0.2) is 9.98 Å². The molecule has 1 aliphatic heterocycles. The standard InChI is InChI=1S/C17H31N5S.HI/c1-4-15-11-19-16(23-15)12-21-17(18-5-2)20-10-14(3)13-22-8-6-7-9-22;/h11,14H,4-10,12-13H2,1-3H3,(H2,18,20,21);1H. The van der Waals surface area contributed by atoms with Crippen molar-refractivity contribution >= 4 is 41.3 Å². The van der Waals surface area contributed by atoms with Gasteiger partial charge in [-0.3, -0.25) is 0 Å². The summed E-state index contributed by atoms with van der Waals surface area (Å²) >= 11 is 1.76. The lowest BCUT2D eigenvalue weighted by Gasteiger charge is -2.21. The maximum atomic E-state index is 4.66. The summed E-state index contributed by atoms with van der Waals surface area (Å²) in [6.07, 6.45) is 5.73. The van der Waals surface area contributed by atoms with Crippen molar-refractivity contribution in [3.8, 4) is 0 Å². The van der Waals surface area contributed by atoms with Gasteiger partial charge in [-0.1, -0.05) is 13.8 Å². The summed E-state index contributed by atoms with van der Waals surface area (Å²) in [4.78, 5) is 13.0. The first-order valence-corrected chi connectivity index (χ1v) is 9.71. The van der Waals surface area contributed by atoms with Gasteiger partial charge < -0.3 is 15.5 Å². The second-order valence-corrected chi connectivity index (χ2v) is 7.46. The third-order valence-corrected chi connectivity index (χ3v) is 5.18. The number of nitrogens with zero attached hydrogens (tertiary/aromatic N) is 3. The summed E-state index contributed by atoms with van der Waals surface area (Å²) in [7, 11) is 0. The van der Waals surface area contributed by atoms with Gasteiger partial charge >= 0.3 is 0 Å². The lowest BCUT2D eigenvalue weighted by Crippen LogP contribution is -2.41. The molecule has 1 unspecified atom stereocenters. The van der Waals surface area contributed by atoms with E-state index in [4.69, 9.17) is 0 Å². The van der Waals surface area contributed by atoms with E-state index in [1.165, 1.54) is 37.4 Å². The van der Waals surface area contributed by atoms with E-state index in [1.807, 2.05) is 6.20 Å². The van der Waals surface area contributed by atoms with Gasteiger partial charge in [-0.05, 0) is 45.2 Å². The number of aliphatic imine (C=N–C) groups is 1. The first-order chi connectivity index (χ1) is 11.2. The lowest BCUT2D eigenvalue weighted by molar-refractivity contribution is 0.287. The molecular weight excluding hydrogens is 433 g/mol. The minimum atomic E-state index is 0. The minimum absolute atomic E-state index is 0. The van der Waals surface area contributed by atoms with Gasteiger partial charge in [-0.2, -0.15) is 0 Å². The Labute approximate surface area is 167 Å². The monoisotopic (exact) mass is 465 g/mol. The molecule has 1 saturated heterocycles. The fourth-order valence-corrected chi connectivity index (χ4v) is 3.60. The number of nitrogens with one attached hydrogen (secondary N) is 2. The second kappa shape index (κ2) is 12.0. The Morgan fingerprint density at radius 1 is 1.33 bits per heavy atom. The zero-order valence-electron chi connectivity index (χ0n) is 15.2. The van der Waals surface area contributed by atoms with Crippen LogP contribution in [-0.4, -0.2) is 48.6 Å². The number of thiazole rings is 1. The maximum Gasteiger partial charge on any atom is 0.191 e. The fraction of sp³-hybridized carbons (Fsp3) is 0.765. The topological polar surface area (TPSA) is 52.6 Å². The lowest BCUT2D eigenvalue weighted by atomic mass is 10.1. The van der Waals surface area contributed by atoms with E-state index in [9.17, 15) is 0 Å². The summed E-state index contributed by atoms with van der Waals surface area (Å²) in [5.74, 6) is 1.53. The summed E-state index contributed by atoms with van der Waals surface area (Å²) in [6.45, 7) is 12.8. The molecule has 5 nitrogen and oxygen atoms in total. The average molecular weight is 465 g/mol. The Kier molecular flexibility index (Phi) is 10.8. The highest BCUT2D eigenvalue weighted by Gasteiger charge is 2.14. The molecule has 0 spiro atoms. The van der Waals surface area contributed by atoms with Crippen LogP contribution in [0, 0.1) is 5.92 Å². The number of guanidine groups is 1. The highest BCUT2D eigenvalue weighted by atomic mass is 127. The highest BCUT2D eigenvalue weighted by Crippen LogP contribution is 2.14. The summed E-state index contributed by atoms with van der Waals surface area (Å²) in [5, 5.41) is 7.89. The number of hydrogen-bond donors (Lipinski definition) is 2. The molecule has 24 heavy (non-hydrogen) atoms. The third kappa shape index (κ3) is 7.65. The van der Waals surface area contributed by atoms with Gasteiger partial charge in [0.05, 0.1) is 6.54 Å². The molecule has 1 atom stereocenters. The number of aryl methyl sites for hydroxylation is 1. The fourth-order valence-electron chi connectivity index (χ4n) is 2.81. The van der Waals surface area contributed by atoms with Gasteiger partial charge in [0.1, 0.15) is 5.01 Å². The Hall–Kier alpha value is -0.410. The van der Waals surface area contributed by atoms with E-state index in [0.717, 1.165) is 30.5 Å². The molecule has 1 fully saturated rings. The summed E-state index contributed by atoms with van der Waals surface area (Å²) in [5.41, 5.74) is 0. The predicted molar refractivity (Wildman–Crippen MR) is 115 cm³/mol. The van der Waals surface area contributed by atoms with Crippen LogP contribution in [0.15, 0.2) is 11.2 Å². The predicted octanol–water partition coefficient (Wildman–Crippen LogP) is 3.11. The molecule has 0 saturated carbocycles. The molecule has 2 N–H and O–H groups in total. The van der Waals surface area contributed by atoms with Crippen LogP contribution in [0.4, 0.5) is 0 Å². The van der Waals surface area contributed by atoms with Crippen LogP contribution >= 0.6 is 35.3 Å². The number of hydrogen-bond acceptors (Lipinski definition) is 4.